The lowest BCUT2D eigenvalue weighted by atomic mass is 10.1. The van der Waals surface area contributed by atoms with E-state index in [0.717, 1.165) is 19.3 Å². The summed E-state index contributed by atoms with van der Waals surface area (Å²) >= 11 is 0. The molecule has 0 saturated carbocycles. The second kappa shape index (κ2) is 8.24. The fourth-order valence-corrected chi connectivity index (χ4v) is 3.23. The minimum Gasteiger partial charge on any atom is -0.492 e. The van der Waals surface area contributed by atoms with Gasteiger partial charge in [-0.2, -0.15) is 0 Å². The van der Waals surface area contributed by atoms with E-state index in [2.05, 4.69) is 4.72 Å². The summed E-state index contributed by atoms with van der Waals surface area (Å²) in [6.45, 7) is 4.86. The van der Waals surface area contributed by atoms with Crippen molar-refractivity contribution < 1.29 is 13.2 Å². The second-order valence-corrected chi connectivity index (χ2v) is 6.34. The number of hydrogen-bond donors (Lipinski definition) is 2. The van der Waals surface area contributed by atoms with Crippen molar-refractivity contribution in [2.75, 3.05) is 13.2 Å². The molecule has 114 valence electrons. The van der Waals surface area contributed by atoms with Gasteiger partial charge in [0, 0.05) is 12.6 Å². The topological polar surface area (TPSA) is 81.4 Å². The van der Waals surface area contributed by atoms with Crippen LogP contribution in [0.15, 0.2) is 29.2 Å². The maximum atomic E-state index is 12.2. The summed E-state index contributed by atoms with van der Waals surface area (Å²) in [5, 5.41) is 0. The molecule has 6 heteroatoms. The van der Waals surface area contributed by atoms with Crippen molar-refractivity contribution in [3.63, 3.8) is 0 Å². The smallest absolute Gasteiger partial charge is 0.240 e. The Morgan fingerprint density at radius 2 is 1.90 bits per heavy atom. The molecule has 1 aromatic rings. The third kappa shape index (κ3) is 5.11. The number of benzene rings is 1. The highest BCUT2D eigenvalue weighted by Crippen LogP contribution is 2.17. The van der Waals surface area contributed by atoms with Gasteiger partial charge in [-0.25, -0.2) is 13.1 Å². The largest absolute Gasteiger partial charge is 0.492 e. The van der Waals surface area contributed by atoms with Gasteiger partial charge in [0.15, 0.2) is 0 Å². The van der Waals surface area contributed by atoms with E-state index >= 15 is 0 Å². The molecule has 1 rings (SSSR count). The first-order valence-electron chi connectivity index (χ1n) is 6.98. The lowest BCUT2D eigenvalue weighted by molar-refractivity contribution is 0.328. The first kappa shape index (κ1) is 16.9. The number of nitrogens with one attached hydrogen (secondary N) is 1. The number of hydrogen-bond acceptors (Lipinski definition) is 4. The van der Waals surface area contributed by atoms with Crippen LogP contribution in [0, 0.1) is 0 Å². The van der Waals surface area contributed by atoms with Gasteiger partial charge in [-0.05, 0) is 37.1 Å². The van der Waals surface area contributed by atoms with Gasteiger partial charge in [-0.15, -0.1) is 0 Å². The Bertz CT molecular complexity index is 486. The summed E-state index contributed by atoms with van der Waals surface area (Å²) in [7, 11) is -3.46. The first-order valence-corrected chi connectivity index (χ1v) is 8.47. The van der Waals surface area contributed by atoms with Crippen molar-refractivity contribution >= 4 is 10.0 Å². The van der Waals surface area contributed by atoms with Crippen molar-refractivity contribution in [3.8, 4) is 5.75 Å². The maximum Gasteiger partial charge on any atom is 0.240 e. The minimum absolute atomic E-state index is 0.0156. The Balaban J connectivity index is 2.76. The van der Waals surface area contributed by atoms with Crippen LogP contribution in [0.25, 0.3) is 0 Å². The van der Waals surface area contributed by atoms with E-state index in [0.29, 0.717) is 18.9 Å². The molecular weight excluding hydrogens is 276 g/mol. The van der Waals surface area contributed by atoms with Crippen LogP contribution in [0.5, 0.6) is 5.75 Å². The van der Waals surface area contributed by atoms with Gasteiger partial charge in [0.25, 0.3) is 0 Å². The van der Waals surface area contributed by atoms with Gasteiger partial charge in [0.05, 0.1) is 4.90 Å². The lowest BCUT2D eigenvalue weighted by Gasteiger charge is -2.16. The van der Waals surface area contributed by atoms with Crippen LogP contribution in [0.2, 0.25) is 0 Å². The highest BCUT2D eigenvalue weighted by molar-refractivity contribution is 7.89. The zero-order chi connectivity index (χ0) is 15.0. The molecule has 0 bridgehead atoms. The molecule has 1 atom stereocenters. The molecule has 0 aliphatic rings. The predicted molar refractivity (Wildman–Crippen MR) is 80.3 cm³/mol. The molecule has 0 spiro atoms. The van der Waals surface area contributed by atoms with E-state index in [4.69, 9.17) is 10.5 Å². The van der Waals surface area contributed by atoms with Crippen molar-refractivity contribution in [2.24, 2.45) is 5.73 Å². The number of rotatable bonds is 9. The summed E-state index contributed by atoms with van der Waals surface area (Å²) in [5.41, 5.74) is 5.34. The molecule has 0 aliphatic heterocycles. The molecule has 0 aromatic heterocycles. The Kier molecular flexibility index (Phi) is 6.98. The summed E-state index contributed by atoms with van der Waals surface area (Å²) in [6.07, 6.45) is 2.57. The highest BCUT2D eigenvalue weighted by atomic mass is 32.2. The van der Waals surface area contributed by atoms with Gasteiger partial charge in [0.2, 0.25) is 10.0 Å². The monoisotopic (exact) mass is 300 g/mol. The van der Waals surface area contributed by atoms with Crippen LogP contribution in [-0.2, 0) is 10.0 Å². The van der Waals surface area contributed by atoms with E-state index in [1.807, 2.05) is 13.8 Å². The van der Waals surface area contributed by atoms with Crippen LogP contribution in [0.3, 0.4) is 0 Å². The Morgan fingerprint density at radius 3 is 2.40 bits per heavy atom. The summed E-state index contributed by atoms with van der Waals surface area (Å²) < 4.78 is 32.5. The molecule has 0 fully saturated rings. The van der Waals surface area contributed by atoms with E-state index in [1.165, 1.54) is 0 Å². The molecule has 0 amide bonds. The predicted octanol–water partition coefficient (Wildman–Crippen LogP) is 1.88. The molecule has 0 saturated heterocycles. The molecule has 5 nitrogen and oxygen atoms in total. The fourth-order valence-electron chi connectivity index (χ4n) is 1.87. The zero-order valence-electron chi connectivity index (χ0n) is 12.1. The van der Waals surface area contributed by atoms with E-state index in [1.54, 1.807) is 24.3 Å². The van der Waals surface area contributed by atoms with Gasteiger partial charge >= 0.3 is 0 Å². The molecule has 0 aliphatic carbocycles. The normalized spacial score (nSPS) is 13.2. The first-order chi connectivity index (χ1) is 9.53. The molecular formula is C14H24N2O3S. The van der Waals surface area contributed by atoms with Crippen LogP contribution < -0.4 is 15.2 Å². The summed E-state index contributed by atoms with van der Waals surface area (Å²) in [5.74, 6) is 0.620. The number of sulfonamides is 1. The molecule has 0 heterocycles. The van der Waals surface area contributed by atoms with Crippen molar-refractivity contribution in [2.45, 2.75) is 44.0 Å². The number of ether oxygens (including phenoxy) is 1. The zero-order valence-corrected chi connectivity index (χ0v) is 12.9. The fraction of sp³-hybridized carbons (Fsp3) is 0.571. The van der Waals surface area contributed by atoms with Crippen LogP contribution in [0.1, 0.15) is 33.1 Å². The Hall–Kier alpha value is -1.11. The van der Waals surface area contributed by atoms with Crippen molar-refractivity contribution in [3.05, 3.63) is 24.3 Å². The van der Waals surface area contributed by atoms with Gasteiger partial charge in [0.1, 0.15) is 12.4 Å². The third-order valence-electron chi connectivity index (χ3n) is 2.97. The summed E-state index contributed by atoms with van der Waals surface area (Å²) in [4.78, 5) is 0.257. The van der Waals surface area contributed by atoms with Gasteiger partial charge in [-0.1, -0.05) is 20.3 Å². The van der Waals surface area contributed by atoms with E-state index in [-0.39, 0.29) is 10.9 Å². The highest BCUT2D eigenvalue weighted by Gasteiger charge is 2.18. The second-order valence-electron chi connectivity index (χ2n) is 4.62. The Labute approximate surface area is 121 Å². The average molecular weight is 300 g/mol. The minimum atomic E-state index is -3.46. The standard InChI is InChI=1S/C14H24N2O3S/c1-3-5-12(4-2)16-20(17,18)14-8-6-13(7-9-14)19-11-10-15/h6-9,12,16H,3-5,10-11,15H2,1-2H3. The van der Waals surface area contributed by atoms with Crippen LogP contribution >= 0.6 is 0 Å². The van der Waals surface area contributed by atoms with Gasteiger partial charge in [-0.3, -0.25) is 0 Å². The number of nitrogens with two attached hydrogens (primary N) is 1. The molecule has 0 radical (unpaired) electrons. The average Bonchev–Trinajstić information content (AvgIpc) is 2.45. The third-order valence-corrected chi connectivity index (χ3v) is 4.51. The lowest BCUT2D eigenvalue weighted by Crippen LogP contribution is -2.34. The van der Waals surface area contributed by atoms with Gasteiger partial charge < -0.3 is 10.5 Å². The molecule has 3 N–H and O–H groups in total. The molecule has 1 aromatic carbocycles. The molecule has 1 unspecified atom stereocenters. The quantitative estimate of drug-likeness (QED) is 0.729. The van der Waals surface area contributed by atoms with E-state index in [9.17, 15) is 8.42 Å². The maximum absolute atomic E-state index is 12.2. The Morgan fingerprint density at radius 1 is 1.25 bits per heavy atom. The van der Waals surface area contributed by atoms with Crippen LogP contribution in [-0.4, -0.2) is 27.6 Å². The summed E-state index contributed by atoms with van der Waals surface area (Å²) in [6, 6.07) is 6.37. The van der Waals surface area contributed by atoms with Crippen molar-refractivity contribution in [1.29, 1.82) is 0 Å². The molecule has 20 heavy (non-hydrogen) atoms. The van der Waals surface area contributed by atoms with Crippen LogP contribution in [0.4, 0.5) is 0 Å². The SMILES string of the molecule is CCCC(CC)NS(=O)(=O)c1ccc(OCCN)cc1. The van der Waals surface area contributed by atoms with E-state index < -0.39 is 10.0 Å². The van der Waals surface area contributed by atoms with Crippen molar-refractivity contribution in [1.82, 2.24) is 4.72 Å².